The van der Waals surface area contributed by atoms with Crippen LogP contribution in [0.25, 0.3) is 0 Å². The number of nitrogens with one attached hydrogen (secondary N) is 1. The summed E-state index contributed by atoms with van der Waals surface area (Å²) >= 11 is 7.79. The summed E-state index contributed by atoms with van der Waals surface area (Å²) in [6.45, 7) is 0. The van der Waals surface area contributed by atoms with E-state index in [1.165, 1.54) is 29.7 Å². The second-order valence-corrected chi connectivity index (χ2v) is 7.27. The molecule has 3 rings (SSSR count). The Morgan fingerprint density at radius 3 is 2.94 bits per heavy atom. The molecule has 0 radical (unpaired) electrons. The molecule has 2 aliphatic carbocycles. The van der Waals surface area contributed by atoms with Gasteiger partial charge in [0, 0.05) is 17.0 Å². The fourth-order valence-electron chi connectivity index (χ4n) is 3.24. The molecule has 2 N–H and O–H groups in total. The first-order chi connectivity index (χ1) is 8.74. The molecule has 4 heteroatoms. The maximum Gasteiger partial charge on any atom is 0.0934 e. The second-order valence-electron chi connectivity index (χ2n) is 5.50. The van der Waals surface area contributed by atoms with E-state index in [0.29, 0.717) is 6.04 Å². The highest BCUT2D eigenvalue weighted by atomic mass is 35.5. The van der Waals surface area contributed by atoms with Gasteiger partial charge < -0.3 is 10.4 Å². The zero-order chi connectivity index (χ0) is 12.5. The molecule has 1 saturated carbocycles. The van der Waals surface area contributed by atoms with Crippen LogP contribution in [0.3, 0.4) is 0 Å². The molecule has 1 aromatic rings. The van der Waals surface area contributed by atoms with Gasteiger partial charge in [0.05, 0.1) is 10.4 Å². The van der Waals surface area contributed by atoms with Crippen LogP contribution < -0.4 is 5.32 Å². The van der Waals surface area contributed by atoms with E-state index >= 15 is 0 Å². The summed E-state index contributed by atoms with van der Waals surface area (Å²) in [6.07, 6.45) is 7.82. The van der Waals surface area contributed by atoms with Crippen molar-refractivity contribution in [1.29, 1.82) is 0 Å². The first kappa shape index (κ1) is 12.9. The molecule has 2 aliphatic rings. The molecule has 18 heavy (non-hydrogen) atoms. The number of aliphatic hydroxyl groups excluding tert-OH is 1. The van der Waals surface area contributed by atoms with Crippen LogP contribution in [0.5, 0.6) is 0 Å². The summed E-state index contributed by atoms with van der Waals surface area (Å²) in [7, 11) is 0. The molecule has 0 saturated heterocycles. The standard InChI is InChI=1S/C14H20ClNOS/c15-14-8-9-10(6-7-13(9)18-14)16-11-4-2-1-3-5-12(11)17/h8,10-12,16-17H,1-7H2. The SMILES string of the molecule is OC1CCCCCC1NC1CCc2sc(Cl)cc21. The van der Waals surface area contributed by atoms with E-state index in [0.717, 1.165) is 30.0 Å². The summed E-state index contributed by atoms with van der Waals surface area (Å²) in [6, 6.07) is 2.78. The third-order valence-corrected chi connectivity index (χ3v) is 5.58. The number of aliphatic hydroxyl groups is 1. The quantitative estimate of drug-likeness (QED) is 0.813. The van der Waals surface area contributed by atoms with E-state index in [1.807, 2.05) is 0 Å². The van der Waals surface area contributed by atoms with Gasteiger partial charge in [0.25, 0.3) is 0 Å². The average Bonchev–Trinajstić information content (AvgIpc) is 2.79. The van der Waals surface area contributed by atoms with Crippen LogP contribution in [0.1, 0.15) is 55.0 Å². The van der Waals surface area contributed by atoms with E-state index in [4.69, 9.17) is 11.6 Å². The van der Waals surface area contributed by atoms with Crippen LogP contribution in [0.15, 0.2) is 6.07 Å². The lowest BCUT2D eigenvalue weighted by Gasteiger charge is -2.26. The molecule has 1 fully saturated rings. The molecule has 0 aromatic carbocycles. The minimum Gasteiger partial charge on any atom is -0.392 e. The summed E-state index contributed by atoms with van der Waals surface area (Å²) < 4.78 is 0.896. The van der Waals surface area contributed by atoms with Gasteiger partial charge >= 0.3 is 0 Å². The Labute approximate surface area is 117 Å². The number of rotatable bonds is 2. The number of aryl methyl sites for hydroxylation is 1. The molecule has 1 heterocycles. The predicted octanol–water partition coefficient (Wildman–Crippen LogP) is 3.67. The van der Waals surface area contributed by atoms with Crippen molar-refractivity contribution in [1.82, 2.24) is 5.32 Å². The summed E-state index contributed by atoms with van der Waals surface area (Å²) in [5.74, 6) is 0. The Bertz CT molecular complexity index is 420. The number of hydrogen-bond acceptors (Lipinski definition) is 3. The van der Waals surface area contributed by atoms with Crippen molar-refractivity contribution in [3.63, 3.8) is 0 Å². The molecule has 2 nitrogen and oxygen atoms in total. The largest absolute Gasteiger partial charge is 0.392 e. The maximum absolute atomic E-state index is 10.2. The number of halogens is 1. The lowest BCUT2D eigenvalue weighted by Crippen LogP contribution is -2.40. The Balaban J connectivity index is 1.69. The second kappa shape index (κ2) is 5.49. The molecular formula is C14H20ClNOS. The Hall–Kier alpha value is -0.0900. The zero-order valence-corrected chi connectivity index (χ0v) is 12.1. The monoisotopic (exact) mass is 285 g/mol. The Morgan fingerprint density at radius 2 is 2.06 bits per heavy atom. The molecule has 100 valence electrons. The molecule has 0 spiro atoms. The summed E-state index contributed by atoms with van der Waals surface area (Å²) in [4.78, 5) is 1.43. The minimum absolute atomic E-state index is 0.175. The smallest absolute Gasteiger partial charge is 0.0934 e. The topological polar surface area (TPSA) is 32.3 Å². The fraction of sp³-hybridized carbons (Fsp3) is 0.714. The highest BCUT2D eigenvalue weighted by molar-refractivity contribution is 7.16. The van der Waals surface area contributed by atoms with Gasteiger partial charge in [0.15, 0.2) is 0 Å². The van der Waals surface area contributed by atoms with Gasteiger partial charge in [-0.05, 0) is 37.3 Å². The van der Waals surface area contributed by atoms with Crippen molar-refractivity contribution < 1.29 is 5.11 Å². The molecular weight excluding hydrogens is 266 g/mol. The lowest BCUT2D eigenvalue weighted by atomic mass is 10.0. The first-order valence-corrected chi connectivity index (χ1v) is 8.15. The van der Waals surface area contributed by atoms with Crippen LogP contribution in [0, 0.1) is 0 Å². The normalized spacial score (nSPS) is 32.2. The van der Waals surface area contributed by atoms with Gasteiger partial charge in [0.2, 0.25) is 0 Å². The van der Waals surface area contributed by atoms with Gasteiger partial charge in [-0.1, -0.05) is 30.9 Å². The lowest BCUT2D eigenvalue weighted by molar-refractivity contribution is 0.113. The molecule has 0 amide bonds. The van der Waals surface area contributed by atoms with Crippen molar-refractivity contribution in [3.05, 3.63) is 20.8 Å². The van der Waals surface area contributed by atoms with Gasteiger partial charge in [-0.2, -0.15) is 0 Å². The van der Waals surface area contributed by atoms with Gasteiger partial charge in [-0.15, -0.1) is 11.3 Å². The summed E-state index contributed by atoms with van der Waals surface area (Å²) in [5.41, 5.74) is 1.38. The molecule has 0 aliphatic heterocycles. The van der Waals surface area contributed by atoms with E-state index in [1.54, 1.807) is 11.3 Å². The molecule has 1 aromatic heterocycles. The Morgan fingerprint density at radius 1 is 1.22 bits per heavy atom. The van der Waals surface area contributed by atoms with Crippen LogP contribution in [-0.2, 0) is 6.42 Å². The highest BCUT2D eigenvalue weighted by Gasteiger charge is 2.29. The third kappa shape index (κ3) is 2.60. The molecule has 3 atom stereocenters. The van der Waals surface area contributed by atoms with Crippen molar-refractivity contribution in [2.45, 2.75) is 63.1 Å². The average molecular weight is 286 g/mol. The third-order valence-electron chi connectivity index (χ3n) is 4.24. The van der Waals surface area contributed by atoms with Gasteiger partial charge in [-0.25, -0.2) is 0 Å². The number of thiophene rings is 1. The van der Waals surface area contributed by atoms with Crippen LogP contribution >= 0.6 is 22.9 Å². The zero-order valence-electron chi connectivity index (χ0n) is 10.5. The van der Waals surface area contributed by atoms with Crippen molar-refractivity contribution in [3.8, 4) is 0 Å². The van der Waals surface area contributed by atoms with Crippen LogP contribution in [0.2, 0.25) is 4.34 Å². The predicted molar refractivity (Wildman–Crippen MR) is 76.4 cm³/mol. The summed E-state index contributed by atoms with van der Waals surface area (Å²) in [5, 5.41) is 13.9. The fourth-order valence-corrected chi connectivity index (χ4v) is 4.60. The van der Waals surface area contributed by atoms with Crippen molar-refractivity contribution in [2.24, 2.45) is 0 Å². The van der Waals surface area contributed by atoms with Crippen molar-refractivity contribution >= 4 is 22.9 Å². The number of fused-ring (bicyclic) bond motifs is 1. The van der Waals surface area contributed by atoms with E-state index in [-0.39, 0.29) is 12.1 Å². The van der Waals surface area contributed by atoms with Crippen LogP contribution in [0.4, 0.5) is 0 Å². The maximum atomic E-state index is 10.2. The van der Waals surface area contributed by atoms with Crippen molar-refractivity contribution in [2.75, 3.05) is 0 Å². The van der Waals surface area contributed by atoms with Gasteiger partial charge in [-0.3, -0.25) is 0 Å². The van der Waals surface area contributed by atoms with E-state index in [9.17, 15) is 5.11 Å². The molecule has 0 bridgehead atoms. The highest BCUT2D eigenvalue weighted by Crippen LogP contribution is 2.40. The Kier molecular flexibility index (Phi) is 3.94. The molecule has 3 unspecified atom stereocenters. The van der Waals surface area contributed by atoms with E-state index < -0.39 is 0 Å². The van der Waals surface area contributed by atoms with Gasteiger partial charge in [0.1, 0.15) is 0 Å². The minimum atomic E-state index is -0.175. The van der Waals surface area contributed by atoms with Crippen LogP contribution in [-0.4, -0.2) is 17.3 Å². The van der Waals surface area contributed by atoms with E-state index in [2.05, 4.69) is 11.4 Å². The first-order valence-electron chi connectivity index (χ1n) is 6.96. The number of hydrogen-bond donors (Lipinski definition) is 2.